The van der Waals surface area contributed by atoms with E-state index < -0.39 is 0 Å². The van der Waals surface area contributed by atoms with Crippen molar-refractivity contribution in [1.82, 2.24) is 10.6 Å². The molecule has 22 heavy (non-hydrogen) atoms. The lowest BCUT2D eigenvalue weighted by molar-refractivity contribution is 0.0892. The fraction of sp³-hybridized carbons (Fsp3) is 0.625. The van der Waals surface area contributed by atoms with Crippen LogP contribution in [0, 0.1) is 6.92 Å². The molecular weight excluding hydrogens is 304 g/mol. The van der Waals surface area contributed by atoms with Crippen LogP contribution in [0.15, 0.2) is 4.42 Å². The molecule has 1 amide bonds. The third-order valence-electron chi connectivity index (χ3n) is 4.47. The van der Waals surface area contributed by atoms with E-state index in [4.69, 9.17) is 4.42 Å². The van der Waals surface area contributed by atoms with Crippen molar-refractivity contribution in [3.8, 4) is 0 Å². The van der Waals surface area contributed by atoms with Gasteiger partial charge in [0.05, 0.1) is 5.56 Å². The minimum absolute atomic E-state index is 0. The van der Waals surface area contributed by atoms with Crippen LogP contribution in [0.4, 0.5) is 0 Å². The second kappa shape index (κ2) is 6.84. The van der Waals surface area contributed by atoms with Gasteiger partial charge >= 0.3 is 0 Å². The Labute approximate surface area is 136 Å². The number of rotatable bonds is 2. The highest BCUT2D eigenvalue weighted by molar-refractivity contribution is 6.03. The molecule has 1 aromatic rings. The third-order valence-corrected chi connectivity index (χ3v) is 4.47. The number of Topliss-reactive ketones (excluding diaryl/α,β-unsaturated/α-hetero) is 1. The SMILES string of the molecule is Cc1c(C(=O)NC2CCNC(C)C2)oc2c1C(=O)CCC2.Cl. The maximum atomic E-state index is 12.4. The van der Waals surface area contributed by atoms with Crippen molar-refractivity contribution in [2.45, 2.75) is 58.0 Å². The molecule has 2 N–H and O–H groups in total. The largest absolute Gasteiger partial charge is 0.455 e. The van der Waals surface area contributed by atoms with E-state index >= 15 is 0 Å². The molecule has 2 atom stereocenters. The molecule has 1 saturated heterocycles. The van der Waals surface area contributed by atoms with Gasteiger partial charge in [-0.25, -0.2) is 0 Å². The lowest BCUT2D eigenvalue weighted by Gasteiger charge is -2.28. The van der Waals surface area contributed by atoms with Crippen LogP contribution in [-0.2, 0) is 6.42 Å². The Morgan fingerprint density at radius 2 is 2.14 bits per heavy atom. The maximum absolute atomic E-state index is 12.4. The van der Waals surface area contributed by atoms with Crippen LogP contribution >= 0.6 is 12.4 Å². The summed E-state index contributed by atoms with van der Waals surface area (Å²) in [5.41, 5.74) is 1.35. The van der Waals surface area contributed by atoms with Crippen molar-refractivity contribution in [3.05, 3.63) is 22.6 Å². The van der Waals surface area contributed by atoms with E-state index in [1.54, 1.807) is 0 Å². The quantitative estimate of drug-likeness (QED) is 0.875. The number of hydrogen-bond acceptors (Lipinski definition) is 4. The normalized spacial score (nSPS) is 24.4. The summed E-state index contributed by atoms with van der Waals surface area (Å²) in [5.74, 6) is 0.926. The lowest BCUT2D eigenvalue weighted by atomic mass is 9.94. The van der Waals surface area contributed by atoms with Gasteiger partial charge in [-0.15, -0.1) is 12.4 Å². The van der Waals surface area contributed by atoms with Gasteiger partial charge in [0, 0.05) is 30.5 Å². The van der Waals surface area contributed by atoms with Gasteiger partial charge < -0.3 is 15.1 Å². The average Bonchev–Trinajstić information content (AvgIpc) is 2.77. The summed E-state index contributed by atoms with van der Waals surface area (Å²) in [6.07, 6.45) is 3.96. The molecule has 122 valence electrons. The topological polar surface area (TPSA) is 71.3 Å². The number of aryl methyl sites for hydroxylation is 1. The van der Waals surface area contributed by atoms with Gasteiger partial charge in [-0.1, -0.05) is 0 Å². The van der Waals surface area contributed by atoms with E-state index in [9.17, 15) is 9.59 Å². The fourth-order valence-corrected chi connectivity index (χ4v) is 3.38. The number of furan rings is 1. The molecule has 6 heteroatoms. The minimum Gasteiger partial charge on any atom is -0.455 e. The van der Waals surface area contributed by atoms with Crippen molar-refractivity contribution in [2.24, 2.45) is 0 Å². The van der Waals surface area contributed by atoms with Crippen LogP contribution in [0.1, 0.15) is 64.8 Å². The zero-order chi connectivity index (χ0) is 15.0. The molecule has 2 heterocycles. The number of ketones is 1. The van der Waals surface area contributed by atoms with Crippen LogP contribution in [-0.4, -0.2) is 30.3 Å². The first-order valence-electron chi connectivity index (χ1n) is 7.76. The molecule has 1 fully saturated rings. The highest BCUT2D eigenvalue weighted by Crippen LogP contribution is 2.29. The van der Waals surface area contributed by atoms with Crippen LogP contribution in [0.2, 0.25) is 0 Å². The summed E-state index contributed by atoms with van der Waals surface area (Å²) < 4.78 is 5.69. The van der Waals surface area contributed by atoms with Gasteiger partial charge in [-0.2, -0.15) is 0 Å². The van der Waals surface area contributed by atoms with Crippen LogP contribution < -0.4 is 10.6 Å². The van der Waals surface area contributed by atoms with Crippen LogP contribution in [0.3, 0.4) is 0 Å². The smallest absolute Gasteiger partial charge is 0.287 e. The van der Waals surface area contributed by atoms with Gasteiger partial charge in [0.2, 0.25) is 0 Å². The van der Waals surface area contributed by atoms with E-state index in [2.05, 4.69) is 17.6 Å². The molecule has 0 spiro atoms. The Balaban J connectivity index is 0.00000176. The molecule has 0 radical (unpaired) electrons. The molecule has 2 aliphatic rings. The number of piperidine rings is 1. The molecule has 1 aliphatic carbocycles. The van der Waals surface area contributed by atoms with Gasteiger partial charge in [0.25, 0.3) is 5.91 Å². The average molecular weight is 327 g/mol. The first kappa shape index (κ1) is 17.0. The first-order valence-corrected chi connectivity index (χ1v) is 7.76. The number of carbonyl (C=O) groups excluding carboxylic acids is 2. The van der Waals surface area contributed by atoms with E-state index in [1.807, 2.05) is 6.92 Å². The summed E-state index contributed by atoms with van der Waals surface area (Å²) in [7, 11) is 0. The molecule has 2 unspecified atom stereocenters. The highest BCUT2D eigenvalue weighted by atomic mass is 35.5. The van der Waals surface area contributed by atoms with Crippen LogP contribution in [0.25, 0.3) is 0 Å². The molecular formula is C16H23ClN2O3. The Morgan fingerprint density at radius 3 is 2.82 bits per heavy atom. The summed E-state index contributed by atoms with van der Waals surface area (Å²) >= 11 is 0. The van der Waals surface area contributed by atoms with E-state index in [0.717, 1.165) is 32.2 Å². The first-order chi connectivity index (χ1) is 10.1. The van der Waals surface area contributed by atoms with Gasteiger partial charge in [0.1, 0.15) is 5.76 Å². The van der Waals surface area contributed by atoms with E-state index in [1.165, 1.54) is 0 Å². The van der Waals surface area contributed by atoms with Crippen molar-refractivity contribution < 1.29 is 14.0 Å². The van der Waals surface area contributed by atoms with E-state index in [-0.39, 0.29) is 30.1 Å². The Kier molecular flexibility index (Phi) is 5.29. The second-order valence-corrected chi connectivity index (χ2v) is 6.18. The van der Waals surface area contributed by atoms with Gasteiger partial charge in [-0.05, 0) is 39.7 Å². The molecule has 0 bridgehead atoms. The van der Waals surface area contributed by atoms with Crippen molar-refractivity contribution in [1.29, 1.82) is 0 Å². The standard InChI is InChI=1S/C16H22N2O3.ClH/c1-9-8-11(6-7-17-9)18-16(20)15-10(2)14-12(19)4-3-5-13(14)21-15;/h9,11,17H,3-8H2,1-2H3,(H,18,20);1H. The summed E-state index contributed by atoms with van der Waals surface area (Å²) in [6, 6.07) is 0.586. The second-order valence-electron chi connectivity index (χ2n) is 6.18. The Morgan fingerprint density at radius 1 is 1.36 bits per heavy atom. The third kappa shape index (κ3) is 3.20. The number of halogens is 1. The minimum atomic E-state index is -0.186. The van der Waals surface area contributed by atoms with Gasteiger partial charge in [0.15, 0.2) is 11.5 Å². The fourth-order valence-electron chi connectivity index (χ4n) is 3.38. The van der Waals surface area contributed by atoms with Crippen molar-refractivity contribution in [2.75, 3.05) is 6.54 Å². The molecule has 5 nitrogen and oxygen atoms in total. The van der Waals surface area contributed by atoms with Crippen LogP contribution in [0.5, 0.6) is 0 Å². The number of hydrogen-bond donors (Lipinski definition) is 2. The molecule has 0 saturated carbocycles. The molecule has 1 aromatic heterocycles. The lowest BCUT2D eigenvalue weighted by Crippen LogP contribution is -2.46. The van der Waals surface area contributed by atoms with Crippen molar-refractivity contribution in [3.63, 3.8) is 0 Å². The van der Waals surface area contributed by atoms with Gasteiger partial charge in [-0.3, -0.25) is 9.59 Å². The number of fused-ring (bicyclic) bond motifs is 1. The highest BCUT2D eigenvalue weighted by Gasteiger charge is 2.30. The molecule has 1 aliphatic heterocycles. The summed E-state index contributed by atoms with van der Waals surface area (Å²) in [5, 5.41) is 6.41. The number of amides is 1. The Hall–Kier alpha value is -1.33. The summed E-state index contributed by atoms with van der Waals surface area (Å²) in [4.78, 5) is 24.4. The maximum Gasteiger partial charge on any atom is 0.287 e. The Bertz CT molecular complexity index is 582. The van der Waals surface area contributed by atoms with Crippen molar-refractivity contribution >= 4 is 24.1 Å². The molecule has 3 rings (SSSR count). The number of nitrogens with one attached hydrogen (secondary N) is 2. The monoisotopic (exact) mass is 326 g/mol. The zero-order valence-electron chi connectivity index (χ0n) is 13.0. The van der Waals surface area contributed by atoms with E-state index in [0.29, 0.717) is 35.1 Å². The zero-order valence-corrected chi connectivity index (χ0v) is 13.8. The number of carbonyl (C=O) groups is 2. The molecule has 0 aromatic carbocycles. The summed E-state index contributed by atoms with van der Waals surface area (Å²) in [6.45, 7) is 4.84. The predicted octanol–water partition coefficient (Wildman–Crippen LogP) is 2.40. The predicted molar refractivity (Wildman–Crippen MR) is 85.9 cm³/mol.